The number of methoxy groups -OCH3 is 1. The number of non-ortho nitro benzene ring substituents is 1. The zero-order valence-corrected chi connectivity index (χ0v) is 20.3. The van der Waals surface area contributed by atoms with Crippen molar-refractivity contribution in [3.8, 4) is 5.75 Å². The van der Waals surface area contributed by atoms with Gasteiger partial charge in [0.1, 0.15) is 5.75 Å². The summed E-state index contributed by atoms with van der Waals surface area (Å²) >= 11 is 0. The summed E-state index contributed by atoms with van der Waals surface area (Å²) < 4.78 is 32.1. The average molecular weight is 563 g/mol. The van der Waals surface area contributed by atoms with Crippen molar-refractivity contribution < 1.29 is 18.1 Å². The van der Waals surface area contributed by atoms with E-state index in [9.17, 15) is 18.5 Å². The normalized spacial score (nSPS) is 11.4. The molecule has 2 rings (SSSR count). The largest absolute Gasteiger partial charge is 0.497 e. The van der Waals surface area contributed by atoms with Gasteiger partial charge in [0, 0.05) is 38.8 Å². The number of hydrogen-bond donors (Lipinski definition) is 3. The second kappa shape index (κ2) is 13.1. The van der Waals surface area contributed by atoms with E-state index in [1.165, 1.54) is 18.2 Å². The van der Waals surface area contributed by atoms with Crippen molar-refractivity contribution >= 4 is 45.6 Å². The van der Waals surface area contributed by atoms with Crippen LogP contribution in [0.2, 0.25) is 0 Å². The van der Waals surface area contributed by atoms with Crippen LogP contribution in [0.3, 0.4) is 0 Å². The van der Waals surface area contributed by atoms with Gasteiger partial charge in [0.05, 0.1) is 16.9 Å². The summed E-state index contributed by atoms with van der Waals surface area (Å²) in [4.78, 5) is 14.1. The smallest absolute Gasteiger partial charge is 0.270 e. The van der Waals surface area contributed by atoms with E-state index >= 15 is 0 Å². The summed E-state index contributed by atoms with van der Waals surface area (Å²) in [5, 5.41) is 17.0. The van der Waals surface area contributed by atoms with Gasteiger partial charge in [-0.15, -0.1) is 24.0 Å². The van der Waals surface area contributed by atoms with Gasteiger partial charge in [0.15, 0.2) is 5.96 Å². The monoisotopic (exact) mass is 563 g/mol. The van der Waals surface area contributed by atoms with E-state index in [1.54, 1.807) is 14.2 Å². The molecule has 2 aromatic rings. The molecular weight excluding hydrogens is 537 g/mol. The third-order valence-corrected chi connectivity index (χ3v) is 5.60. The van der Waals surface area contributed by atoms with Gasteiger partial charge in [-0.2, -0.15) is 0 Å². The number of nitro benzene ring substituents is 1. The van der Waals surface area contributed by atoms with Crippen molar-refractivity contribution in [3.63, 3.8) is 0 Å². The second-order valence-corrected chi connectivity index (χ2v) is 7.94. The van der Waals surface area contributed by atoms with Crippen molar-refractivity contribution in [3.05, 3.63) is 64.2 Å². The zero-order chi connectivity index (χ0) is 22.0. The molecule has 0 fully saturated rings. The molecule has 0 aliphatic rings. The molecular formula is C19H26IN5O5S. The van der Waals surface area contributed by atoms with Crippen molar-refractivity contribution in [2.45, 2.75) is 11.3 Å². The van der Waals surface area contributed by atoms with E-state index in [1.807, 2.05) is 24.3 Å². The molecule has 2 aromatic carbocycles. The van der Waals surface area contributed by atoms with Crippen LogP contribution in [0.4, 0.5) is 5.69 Å². The Morgan fingerprint density at radius 1 is 1.10 bits per heavy atom. The molecule has 0 aliphatic heterocycles. The molecule has 0 spiro atoms. The molecule has 0 radical (unpaired) electrons. The highest BCUT2D eigenvalue weighted by atomic mass is 127. The third kappa shape index (κ3) is 8.67. The first-order chi connectivity index (χ1) is 14.4. The van der Waals surface area contributed by atoms with Crippen molar-refractivity contribution in [1.29, 1.82) is 0 Å². The van der Waals surface area contributed by atoms with Gasteiger partial charge >= 0.3 is 0 Å². The highest BCUT2D eigenvalue weighted by Gasteiger charge is 2.17. The van der Waals surface area contributed by atoms with Crippen LogP contribution in [0.15, 0.2) is 58.4 Å². The lowest BCUT2D eigenvalue weighted by Crippen LogP contribution is -2.42. The molecule has 10 nitrogen and oxygen atoms in total. The minimum absolute atomic E-state index is 0. The first-order valence-electron chi connectivity index (χ1n) is 9.17. The van der Waals surface area contributed by atoms with E-state index in [-0.39, 0.29) is 47.6 Å². The van der Waals surface area contributed by atoms with Gasteiger partial charge in [0.2, 0.25) is 10.0 Å². The van der Waals surface area contributed by atoms with E-state index in [2.05, 4.69) is 20.3 Å². The average Bonchev–Trinajstić information content (AvgIpc) is 2.76. The molecule has 31 heavy (non-hydrogen) atoms. The van der Waals surface area contributed by atoms with E-state index in [0.717, 1.165) is 23.8 Å². The molecule has 0 aromatic heterocycles. The SMILES string of the molecule is CN=C(NCCNS(=O)(=O)c1cccc([N+](=O)[O-])c1)NCCc1ccc(OC)cc1.I. The van der Waals surface area contributed by atoms with Crippen LogP contribution >= 0.6 is 24.0 Å². The molecule has 12 heteroatoms. The maximum absolute atomic E-state index is 12.3. The van der Waals surface area contributed by atoms with Crippen LogP contribution in [0.1, 0.15) is 5.56 Å². The highest BCUT2D eigenvalue weighted by molar-refractivity contribution is 14.0. The number of sulfonamides is 1. The molecule has 0 bridgehead atoms. The zero-order valence-electron chi connectivity index (χ0n) is 17.2. The summed E-state index contributed by atoms with van der Waals surface area (Å²) in [6, 6.07) is 12.7. The summed E-state index contributed by atoms with van der Waals surface area (Å²) in [6.07, 6.45) is 0.782. The number of benzene rings is 2. The van der Waals surface area contributed by atoms with Crippen molar-refractivity contribution in [2.24, 2.45) is 4.99 Å². The number of ether oxygens (including phenoxy) is 1. The first kappa shape index (κ1) is 26.6. The molecule has 0 saturated carbocycles. The van der Waals surface area contributed by atoms with E-state index in [0.29, 0.717) is 12.5 Å². The van der Waals surface area contributed by atoms with Gasteiger partial charge in [-0.05, 0) is 30.2 Å². The molecule has 0 saturated heterocycles. The predicted molar refractivity (Wildman–Crippen MR) is 130 cm³/mol. The highest BCUT2D eigenvalue weighted by Crippen LogP contribution is 2.16. The number of rotatable bonds is 10. The lowest BCUT2D eigenvalue weighted by atomic mass is 10.1. The van der Waals surface area contributed by atoms with Crippen LogP contribution in [0.25, 0.3) is 0 Å². The molecule has 0 heterocycles. The fourth-order valence-electron chi connectivity index (χ4n) is 2.55. The minimum atomic E-state index is -3.84. The Kier molecular flexibility index (Phi) is 11.2. The third-order valence-electron chi connectivity index (χ3n) is 4.14. The molecule has 0 aliphatic carbocycles. The Morgan fingerprint density at radius 2 is 1.77 bits per heavy atom. The van der Waals surface area contributed by atoms with Crippen molar-refractivity contribution in [2.75, 3.05) is 33.8 Å². The Balaban J connectivity index is 0.00000480. The standard InChI is InChI=1S/C19H25N5O5S.HI/c1-20-19(21-11-10-15-6-8-17(29-2)9-7-15)22-12-13-23-30(27,28)18-5-3-4-16(14-18)24(25)26;/h3-9,14,23H,10-13H2,1-2H3,(H2,20,21,22);1H. The Bertz CT molecular complexity index is 983. The number of nitrogens with zero attached hydrogens (tertiary/aromatic N) is 2. The van der Waals surface area contributed by atoms with Gasteiger partial charge in [-0.25, -0.2) is 13.1 Å². The Hall–Kier alpha value is -2.45. The lowest BCUT2D eigenvalue weighted by Gasteiger charge is -2.12. The summed E-state index contributed by atoms with van der Waals surface area (Å²) in [6.45, 7) is 1.02. The number of nitrogens with one attached hydrogen (secondary N) is 3. The maximum atomic E-state index is 12.3. The van der Waals surface area contributed by atoms with Crippen LogP contribution in [-0.2, 0) is 16.4 Å². The van der Waals surface area contributed by atoms with Gasteiger partial charge in [-0.1, -0.05) is 18.2 Å². The molecule has 0 unspecified atom stereocenters. The van der Waals surface area contributed by atoms with Gasteiger partial charge in [0.25, 0.3) is 5.69 Å². The molecule has 3 N–H and O–H groups in total. The number of hydrogen-bond acceptors (Lipinski definition) is 6. The summed E-state index contributed by atoms with van der Waals surface area (Å²) in [7, 11) is -0.603. The van der Waals surface area contributed by atoms with Gasteiger partial charge < -0.3 is 15.4 Å². The number of halogens is 1. The number of aliphatic imine (C=N–C) groups is 1. The number of nitro groups is 1. The lowest BCUT2D eigenvalue weighted by molar-refractivity contribution is -0.385. The van der Waals surface area contributed by atoms with Crippen LogP contribution in [-0.4, -0.2) is 53.1 Å². The fourth-order valence-corrected chi connectivity index (χ4v) is 3.62. The van der Waals surface area contributed by atoms with E-state index in [4.69, 9.17) is 4.74 Å². The van der Waals surface area contributed by atoms with Crippen LogP contribution in [0, 0.1) is 10.1 Å². The minimum Gasteiger partial charge on any atom is -0.497 e. The van der Waals surface area contributed by atoms with Gasteiger partial charge in [-0.3, -0.25) is 15.1 Å². The van der Waals surface area contributed by atoms with Crippen LogP contribution < -0.4 is 20.1 Å². The Labute approximate surface area is 198 Å². The van der Waals surface area contributed by atoms with Crippen LogP contribution in [0.5, 0.6) is 5.75 Å². The Morgan fingerprint density at radius 3 is 2.39 bits per heavy atom. The van der Waals surface area contributed by atoms with Crippen molar-refractivity contribution in [1.82, 2.24) is 15.4 Å². The number of guanidine groups is 1. The molecule has 0 amide bonds. The maximum Gasteiger partial charge on any atom is 0.270 e. The summed E-state index contributed by atoms with van der Waals surface area (Å²) in [5.41, 5.74) is 0.862. The first-order valence-corrected chi connectivity index (χ1v) is 10.7. The fraction of sp³-hybridized carbons (Fsp3) is 0.316. The summed E-state index contributed by atoms with van der Waals surface area (Å²) in [5.74, 6) is 1.34. The van der Waals surface area contributed by atoms with E-state index < -0.39 is 14.9 Å². The molecule has 0 atom stereocenters. The predicted octanol–water partition coefficient (Wildman–Crippen LogP) is 1.91. The topological polar surface area (TPSA) is 135 Å². The molecule has 170 valence electrons. The quantitative estimate of drug-likeness (QED) is 0.100. The second-order valence-electron chi connectivity index (χ2n) is 6.18.